The lowest BCUT2D eigenvalue weighted by Gasteiger charge is -2.15. The summed E-state index contributed by atoms with van der Waals surface area (Å²) in [5, 5.41) is 17.0. The number of nitrogens with zero attached hydrogens (tertiary/aromatic N) is 4. The van der Waals surface area contributed by atoms with Crippen LogP contribution in [0.2, 0.25) is 0 Å². The van der Waals surface area contributed by atoms with Gasteiger partial charge in [-0.15, -0.1) is 5.10 Å². The summed E-state index contributed by atoms with van der Waals surface area (Å²) in [6.07, 6.45) is 0.430. The lowest BCUT2D eigenvalue weighted by atomic mass is 10.1. The largest absolute Gasteiger partial charge is 0.481 e. The summed E-state index contributed by atoms with van der Waals surface area (Å²) < 4.78 is 1.01. The van der Waals surface area contributed by atoms with Crippen LogP contribution in [0.3, 0.4) is 0 Å². The van der Waals surface area contributed by atoms with E-state index in [-0.39, 0.29) is 24.6 Å². The van der Waals surface area contributed by atoms with Gasteiger partial charge in [0, 0.05) is 13.1 Å². The van der Waals surface area contributed by atoms with Gasteiger partial charge in [-0.25, -0.2) is 4.68 Å². The van der Waals surface area contributed by atoms with Gasteiger partial charge in [0.1, 0.15) is 12.1 Å². The van der Waals surface area contributed by atoms with Crippen molar-refractivity contribution in [3.63, 3.8) is 0 Å². The molecule has 1 atom stereocenters. The van der Waals surface area contributed by atoms with Crippen LogP contribution in [0.25, 0.3) is 10.9 Å². The summed E-state index contributed by atoms with van der Waals surface area (Å²) in [7, 11) is 0. The van der Waals surface area contributed by atoms with Gasteiger partial charge in [-0.05, 0) is 18.6 Å². The summed E-state index contributed by atoms with van der Waals surface area (Å²) in [4.78, 5) is 36.8. The van der Waals surface area contributed by atoms with E-state index in [0.29, 0.717) is 23.9 Å². The quantitative estimate of drug-likeness (QED) is 0.836. The van der Waals surface area contributed by atoms with Crippen LogP contribution in [0.4, 0.5) is 0 Å². The van der Waals surface area contributed by atoms with E-state index in [2.05, 4.69) is 10.3 Å². The van der Waals surface area contributed by atoms with Gasteiger partial charge in [-0.3, -0.25) is 14.4 Å². The Morgan fingerprint density at radius 2 is 2.09 bits per heavy atom. The second-order valence-corrected chi connectivity index (χ2v) is 5.23. The molecule has 1 aliphatic heterocycles. The highest BCUT2D eigenvalue weighted by Crippen LogP contribution is 2.16. The number of amides is 1. The van der Waals surface area contributed by atoms with Crippen LogP contribution in [0, 0.1) is 5.92 Å². The Kier molecular flexibility index (Phi) is 3.58. The molecule has 1 aromatic carbocycles. The van der Waals surface area contributed by atoms with Gasteiger partial charge in [-0.1, -0.05) is 17.3 Å². The third-order valence-corrected chi connectivity index (χ3v) is 3.80. The fraction of sp³-hybridized carbons (Fsp3) is 0.357. The molecule has 0 spiro atoms. The van der Waals surface area contributed by atoms with E-state index in [1.165, 1.54) is 4.90 Å². The minimum Gasteiger partial charge on any atom is -0.481 e. The zero-order valence-corrected chi connectivity index (χ0v) is 11.7. The molecule has 2 heterocycles. The van der Waals surface area contributed by atoms with Crippen molar-refractivity contribution in [2.45, 2.75) is 13.0 Å². The predicted molar refractivity (Wildman–Crippen MR) is 76.1 cm³/mol. The van der Waals surface area contributed by atoms with Crippen molar-refractivity contribution in [2.75, 3.05) is 13.1 Å². The van der Waals surface area contributed by atoms with E-state index in [4.69, 9.17) is 5.11 Å². The van der Waals surface area contributed by atoms with E-state index in [9.17, 15) is 14.4 Å². The fourth-order valence-corrected chi connectivity index (χ4v) is 2.54. The molecule has 8 heteroatoms. The van der Waals surface area contributed by atoms with E-state index in [0.717, 1.165) is 4.68 Å². The minimum atomic E-state index is -0.905. The van der Waals surface area contributed by atoms with Crippen LogP contribution in [-0.4, -0.2) is 50.0 Å². The summed E-state index contributed by atoms with van der Waals surface area (Å²) in [5.74, 6) is -1.77. The molecule has 1 amide bonds. The molecule has 8 nitrogen and oxygen atoms in total. The summed E-state index contributed by atoms with van der Waals surface area (Å²) >= 11 is 0. The van der Waals surface area contributed by atoms with Gasteiger partial charge in [-0.2, -0.15) is 0 Å². The maximum absolute atomic E-state index is 12.2. The normalized spacial score (nSPS) is 17.8. The summed E-state index contributed by atoms with van der Waals surface area (Å²) in [6.45, 7) is 0.318. The summed E-state index contributed by atoms with van der Waals surface area (Å²) in [5.41, 5.74) is 0.0937. The Balaban J connectivity index is 1.79. The maximum Gasteiger partial charge on any atom is 0.308 e. The molecule has 0 aliphatic carbocycles. The van der Waals surface area contributed by atoms with Crippen molar-refractivity contribution in [3.8, 4) is 0 Å². The van der Waals surface area contributed by atoms with Gasteiger partial charge in [0.2, 0.25) is 5.91 Å². The van der Waals surface area contributed by atoms with Crippen molar-refractivity contribution in [3.05, 3.63) is 34.6 Å². The summed E-state index contributed by atoms with van der Waals surface area (Å²) in [6, 6.07) is 6.77. The van der Waals surface area contributed by atoms with Gasteiger partial charge in [0.15, 0.2) is 0 Å². The second-order valence-electron chi connectivity index (χ2n) is 5.23. The molecular formula is C14H14N4O4. The predicted octanol–water partition coefficient (Wildman–Crippen LogP) is -0.275. The number of rotatable bonds is 3. The number of carbonyl (C=O) groups is 2. The first-order valence-corrected chi connectivity index (χ1v) is 6.89. The molecule has 1 N–H and O–H groups in total. The number of fused-ring (bicyclic) bond motifs is 1. The zero-order valence-electron chi connectivity index (χ0n) is 11.7. The Morgan fingerprint density at radius 3 is 2.82 bits per heavy atom. The number of benzene rings is 1. The molecule has 1 aliphatic rings. The van der Waals surface area contributed by atoms with E-state index in [1.54, 1.807) is 24.3 Å². The highest BCUT2D eigenvalue weighted by Gasteiger charge is 2.31. The lowest BCUT2D eigenvalue weighted by Crippen LogP contribution is -2.37. The van der Waals surface area contributed by atoms with Crippen LogP contribution in [0.15, 0.2) is 29.1 Å². The molecule has 1 aromatic heterocycles. The Bertz CT molecular complexity index is 801. The number of aliphatic carboxylic acids is 1. The van der Waals surface area contributed by atoms with Crippen LogP contribution in [0.5, 0.6) is 0 Å². The zero-order chi connectivity index (χ0) is 15.7. The van der Waals surface area contributed by atoms with Crippen LogP contribution in [0.1, 0.15) is 6.42 Å². The van der Waals surface area contributed by atoms with Crippen molar-refractivity contribution >= 4 is 22.8 Å². The molecule has 114 valence electrons. The third-order valence-electron chi connectivity index (χ3n) is 3.80. The molecule has 0 saturated carbocycles. The lowest BCUT2D eigenvalue weighted by molar-refractivity contribution is -0.141. The van der Waals surface area contributed by atoms with E-state index >= 15 is 0 Å². The second kappa shape index (κ2) is 5.55. The van der Waals surface area contributed by atoms with Gasteiger partial charge >= 0.3 is 5.97 Å². The highest BCUT2D eigenvalue weighted by atomic mass is 16.4. The van der Waals surface area contributed by atoms with Crippen molar-refractivity contribution in [1.29, 1.82) is 0 Å². The van der Waals surface area contributed by atoms with E-state index in [1.807, 2.05) is 0 Å². The first-order chi connectivity index (χ1) is 10.6. The average Bonchev–Trinajstić information content (AvgIpc) is 3.00. The fourth-order valence-electron chi connectivity index (χ4n) is 2.54. The first-order valence-electron chi connectivity index (χ1n) is 6.89. The smallest absolute Gasteiger partial charge is 0.308 e. The van der Waals surface area contributed by atoms with E-state index < -0.39 is 11.9 Å². The Hall–Kier alpha value is -2.77. The molecule has 1 saturated heterocycles. The van der Waals surface area contributed by atoms with Crippen LogP contribution < -0.4 is 5.56 Å². The Morgan fingerprint density at radius 1 is 1.32 bits per heavy atom. The maximum atomic E-state index is 12.2. The number of likely N-dealkylation sites (tertiary alicyclic amines) is 1. The van der Waals surface area contributed by atoms with Gasteiger partial charge in [0.05, 0.1) is 11.3 Å². The van der Waals surface area contributed by atoms with Crippen molar-refractivity contribution in [1.82, 2.24) is 19.9 Å². The van der Waals surface area contributed by atoms with Crippen molar-refractivity contribution in [2.24, 2.45) is 5.92 Å². The molecule has 1 fully saturated rings. The number of carbonyl (C=O) groups excluding carboxylic acids is 1. The van der Waals surface area contributed by atoms with Crippen LogP contribution in [-0.2, 0) is 16.1 Å². The highest BCUT2D eigenvalue weighted by molar-refractivity contribution is 5.79. The monoisotopic (exact) mass is 302 g/mol. The molecule has 0 bridgehead atoms. The SMILES string of the molecule is O=C(O)C1CCN(C(=O)Cn2nnc3ccccc3c2=O)C1. The molecule has 3 rings (SSSR count). The van der Waals surface area contributed by atoms with Gasteiger partial charge < -0.3 is 10.0 Å². The number of hydrogen-bond donors (Lipinski definition) is 1. The minimum absolute atomic E-state index is 0.171. The molecular weight excluding hydrogens is 288 g/mol. The standard InChI is InChI=1S/C14H14N4O4/c19-12(17-6-5-9(7-17)14(21)22)8-18-13(20)10-3-1-2-4-11(10)15-16-18/h1-4,9H,5-8H2,(H,21,22). The molecule has 1 unspecified atom stereocenters. The Labute approximate surface area is 125 Å². The van der Waals surface area contributed by atoms with Crippen molar-refractivity contribution < 1.29 is 14.7 Å². The molecule has 22 heavy (non-hydrogen) atoms. The third kappa shape index (κ3) is 2.54. The topological polar surface area (TPSA) is 105 Å². The average molecular weight is 302 g/mol. The number of aromatic nitrogens is 3. The van der Waals surface area contributed by atoms with Crippen LogP contribution >= 0.6 is 0 Å². The molecule has 0 radical (unpaired) electrons. The number of carboxylic acids is 1. The first kappa shape index (κ1) is 14.2. The molecule has 2 aromatic rings. The number of carboxylic acid groups (broad SMARTS) is 1. The van der Waals surface area contributed by atoms with Gasteiger partial charge in [0.25, 0.3) is 5.56 Å². The number of hydrogen-bond acceptors (Lipinski definition) is 5.